The van der Waals surface area contributed by atoms with Crippen molar-refractivity contribution in [3.8, 4) is 0 Å². The smallest absolute Gasteiger partial charge is 0.253 e. The van der Waals surface area contributed by atoms with Crippen molar-refractivity contribution in [2.45, 2.75) is 31.7 Å². The van der Waals surface area contributed by atoms with E-state index in [4.69, 9.17) is 0 Å². The van der Waals surface area contributed by atoms with E-state index in [2.05, 4.69) is 36.3 Å². The predicted molar refractivity (Wildman–Crippen MR) is 124 cm³/mol. The lowest BCUT2D eigenvalue weighted by molar-refractivity contribution is 0.0629. The van der Waals surface area contributed by atoms with Crippen LogP contribution < -0.4 is 0 Å². The molecule has 3 heterocycles. The number of amides is 1. The van der Waals surface area contributed by atoms with Crippen LogP contribution in [0.25, 0.3) is 0 Å². The number of thiophene rings is 1. The van der Waals surface area contributed by atoms with Crippen LogP contribution in [0, 0.1) is 11.8 Å². The number of piperazine rings is 1. The molecule has 2 aromatic rings. The van der Waals surface area contributed by atoms with E-state index in [-0.39, 0.29) is 10.8 Å². The lowest BCUT2D eigenvalue weighted by atomic mass is 9.94. The Balaban J connectivity index is 1.37. The summed E-state index contributed by atoms with van der Waals surface area (Å²) in [5.74, 6) is 0.690. The zero-order valence-corrected chi connectivity index (χ0v) is 19.9. The van der Waals surface area contributed by atoms with Crippen LogP contribution in [0.2, 0.25) is 0 Å². The molecule has 1 aromatic heterocycles. The fourth-order valence-electron chi connectivity index (χ4n) is 4.64. The number of carbonyl (C=O) groups excluding carboxylic acids is 1. The molecule has 168 valence electrons. The highest BCUT2D eigenvalue weighted by Gasteiger charge is 2.32. The number of carbonyl (C=O) groups is 1. The summed E-state index contributed by atoms with van der Waals surface area (Å²) in [5, 5.41) is 2.09. The minimum Gasteiger partial charge on any atom is -0.336 e. The molecular formula is C23H31N3O3S2. The molecule has 0 N–H and O–H groups in total. The van der Waals surface area contributed by atoms with Crippen molar-refractivity contribution in [3.05, 3.63) is 52.2 Å². The van der Waals surface area contributed by atoms with E-state index in [0.29, 0.717) is 43.6 Å². The summed E-state index contributed by atoms with van der Waals surface area (Å²) in [6.07, 6.45) is 1.06. The van der Waals surface area contributed by atoms with Gasteiger partial charge in [0.25, 0.3) is 5.91 Å². The van der Waals surface area contributed by atoms with Crippen molar-refractivity contribution >= 4 is 27.3 Å². The van der Waals surface area contributed by atoms with Gasteiger partial charge in [-0.2, -0.15) is 4.31 Å². The number of hydrogen-bond donors (Lipinski definition) is 0. The summed E-state index contributed by atoms with van der Waals surface area (Å²) in [7, 11) is -3.52. The number of benzene rings is 1. The summed E-state index contributed by atoms with van der Waals surface area (Å²) in [6.45, 7) is 9.32. The summed E-state index contributed by atoms with van der Waals surface area (Å²) in [4.78, 5) is 18.8. The molecule has 2 atom stereocenters. The van der Waals surface area contributed by atoms with Gasteiger partial charge in [0.2, 0.25) is 10.0 Å². The molecule has 1 amide bonds. The number of hydrogen-bond acceptors (Lipinski definition) is 5. The van der Waals surface area contributed by atoms with E-state index in [9.17, 15) is 13.2 Å². The Morgan fingerprint density at radius 3 is 2.23 bits per heavy atom. The van der Waals surface area contributed by atoms with Gasteiger partial charge in [-0.3, -0.25) is 9.69 Å². The molecule has 4 rings (SSSR count). The maximum Gasteiger partial charge on any atom is 0.253 e. The third-order valence-electron chi connectivity index (χ3n) is 6.19. The van der Waals surface area contributed by atoms with E-state index < -0.39 is 10.0 Å². The molecule has 2 aliphatic heterocycles. The van der Waals surface area contributed by atoms with Gasteiger partial charge in [0.05, 0.1) is 4.90 Å². The Morgan fingerprint density at radius 2 is 1.65 bits per heavy atom. The molecule has 2 saturated heterocycles. The van der Waals surface area contributed by atoms with Crippen LogP contribution in [-0.4, -0.2) is 67.7 Å². The summed E-state index contributed by atoms with van der Waals surface area (Å²) < 4.78 is 27.7. The van der Waals surface area contributed by atoms with E-state index in [1.165, 1.54) is 4.88 Å². The number of sulfonamides is 1. The van der Waals surface area contributed by atoms with E-state index in [1.54, 1.807) is 39.9 Å². The third kappa shape index (κ3) is 5.19. The van der Waals surface area contributed by atoms with Gasteiger partial charge in [-0.15, -0.1) is 11.3 Å². The summed E-state index contributed by atoms with van der Waals surface area (Å²) in [6, 6.07) is 10.7. The van der Waals surface area contributed by atoms with Gasteiger partial charge in [0.1, 0.15) is 0 Å². The first kappa shape index (κ1) is 22.5. The molecule has 0 spiro atoms. The Bertz CT molecular complexity index is 972. The Kier molecular flexibility index (Phi) is 6.81. The molecule has 0 aliphatic carbocycles. The van der Waals surface area contributed by atoms with Crippen LogP contribution in [0.1, 0.15) is 35.5 Å². The summed E-state index contributed by atoms with van der Waals surface area (Å²) >= 11 is 1.76. The average Bonchev–Trinajstić information content (AvgIpc) is 3.26. The quantitative estimate of drug-likeness (QED) is 0.685. The van der Waals surface area contributed by atoms with Gasteiger partial charge in [-0.05, 0) is 54.0 Å². The Morgan fingerprint density at radius 1 is 1.00 bits per heavy atom. The SMILES string of the molecule is CC1CC(C)CN(S(=O)(=O)c2ccc(C(=O)N3CCN(Cc4cccs4)CC3)cc2)C1. The highest BCUT2D eigenvalue weighted by molar-refractivity contribution is 7.89. The fraction of sp³-hybridized carbons (Fsp3) is 0.522. The zero-order chi connectivity index (χ0) is 22.0. The Hall–Kier alpha value is -1.74. The zero-order valence-electron chi connectivity index (χ0n) is 18.2. The van der Waals surface area contributed by atoms with Gasteiger partial charge >= 0.3 is 0 Å². The van der Waals surface area contributed by atoms with Crippen LogP contribution in [0.5, 0.6) is 0 Å². The van der Waals surface area contributed by atoms with E-state index in [0.717, 1.165) is 26.1 Å². The third-order valence-corrected chi connectivity index (χ3v) is 8.90. The highest BCUT2D eigenvalue weighted by atomic mass is 32.2. The Labute approximate surface area is 189 Å². The monoisotopic (exact) mass is 461 g/mol. The molecule has 6 nitrogen and oxygen atoms in total. The van der Waals surface area contributed by atoms with Gasteiger partial charge < -0.3 is 4.90 Å². The van der Waals surface area contributed by atoms with E-state index in [1.807, 2.05) is 4.90 Å². The molecule has 0 bridgehead atoms. The van der Waals surface area contributed by atoms with Crippen LogP contribution in [0.4, 0.5) is 0 Å². The molecule has 2 aliphatic rings. The molecule has 8 heteroatoms. The van der Waals surface area contributed by atoms with Crippen molar-refractivity contribution in [2.75, 3.05) is 39.3 Å². The molecule has 0 saturated carbocycles. The van der Waals surface area contributed by atoms with Crippen LogP contribution >= 0.6 is 11.3 Å². The summed E-state index contributed by atoms with van der Waals surface area (Å²) in [5.41, 5.74) is 0.547. The first-order chi connectivity index (χ1) is 14.8. The minimum absolute atomic E-state index is 0.0278. The van der Waals surface area contributed by atoms with E-state index >= 15 is 0 Å². The fourth-order valence-corrected chi connectivity index (χ4v) is 7.06. The van der Waals surface area contributed by atoms with Crippen molar-refractivity contribution in [1.29, 1.82) is 0 Å². The lowest BCUT2D eigenvalue weighted by Gasteiger charge is -2.35. The first-order valence-corrected chi connectivity index (χ1v) is 13.3. The molecule has 2 unspecified atom stereocenters. The van der Waals surface area contributed by atoms with Gasteiger partial charge in [-0.25, -0.2) is 8.42 Å². The lowest BCUT2D eigenvalue weighted by Crippen LogP contribution is -2.48. The highest BCUT2D eigenvalue weighted by Crippen LogP contribution is 2.27. The van der Waals surface area contributed by atoms with Gasteiger partial charge in [0, 0.05) is 56.3 Å². The maximum atomic E-state index is 13.1. The van der Waals surface area contributed by atoms with Crippen molar-refractivity contribution < 1.29 is 13.2 Å². The van der Waals surface area contributed by atoms with Crippen molar-refractivity contribution in [1.82, 2.24) is 14.1 Å². The van der Waals surface area contributed by atoms with Gasteiger partial charge in [0.15, 0.2) is 0 Å². The topological polar surface area (TPSA) is 60.9 Å². The number of rotatable bonds is 5. The molecule has 31 heavy (non-hydrogen) atoms. The standard InChI is InChI=1S/C23H31N3O3S2/c1-18-14-19(2)16-26(15-18)31(28,29)22-7-5-20(6-8-22)23(27)25-11-9-24(10-12-25)17-21-4-3-13-30-21/h3-8,13,18-19H,9-12,14-17H2,1-2H3. The van der Waals surface area contributed by atoms with Crippen LogP contribution in [0.3, 0.4) is 0 Å². The second kappa shape index (κ2) is 9.40. The largest absolute Gasteiger partial charge is 0.336 e. The minimum atomic E-state index is -3.52. The maximum absolute atomic E-state index is 13.1. The molecule has 2 fully saturated rings. The first-order valence-electron chi connectivity index (χ1n) is 11.0. The normalized spacial score (nSPS) is 23.7. The van der Waals surface area contributed by atoms with Crippen LogP contribution in [0.15, 0.2) is 46.7 Å². The van der Waals surface area contributed by atoms with Crippen LogP contribution in [-0.2, 0) is 16.6 Å². The molecule has 1 aromatic carbocycles. The second-order valence-corrected chi connectivity index (χ2v) is 11.9. The predicted octanol–water partition coefficient (Wildman–Crippen LogP) is 3.37. The van der Waals surface area contributed by atoms with Gasteiger partial charge in [-0.1, -0.05) is 19.9 Å². The molecular weight excluding hydrogens is 430 g/mol. The van der Waals surface area contributed by atoms with Crippen molar-refractivity contribution in [3.63, 3.8) is 0 Å². The number of nitrogens with zero attached hydrogens (tertiary/aromatic N) is 3. The average molecular weight is 462 g/mol. The number of piperidine rings is 1. The second-order valence-electron chi connectivity index (χ2n) is 8.94. The van der Waals surface area contributed by atoms with Crippen molar-refractivity contribution in [2.24, 2.45) is 11.8 Å². The molecule has 0 radical (unpaired) electrons.